The Morgan fingerprint density at radius 3 is 2.45 bits per heavy atom. The molecule has 0 aromatic heterocycles. The maximum atomic E-state index is 13.0. The molecule has 1 aliphatic rings. The lowest BCUT2D eigenvalue weighted by Crippen LogP contribution is -2.47. The van der Waals surface area contributed by atoms with Gasteiger partial charge < -0.3 is 10.2 Å². The van der Waals surface area contributed by atoms with Crippen molar-refractivity contribution in [2.75, 3.05) is 39.8 Å². The number of alkyl halides is 3. The van der Waals surface area contributed by atoms with Crippen molar-refractivity contribution in [3.63, 3.8) is 0 Å². The molecule has 1 atom stereocenters. The van der Waals surface area contributed by atoms with E-state index < -0.39 is 11.7 Å². The zero-order valence-electron chi connectivity index (χ0n) is 17.2. The number of halogens is 4. The minimum Gasteiger partial charge on any atom is -0.344 e. The van der Waals surface area contributed by atoms with Crippen molar-refractivity contribution in [2.24, 2.45) is 0 Å². The monoisotopic (exact) mass is 451 g/mol. The summed E-state index contributed by atoms with van der Waals surface area (Å²) in [6.45, 7) is 4.42. The first kappa shape index (κ1) is 23.3. The average Bonchev–Trinajstić information content (AvgIpc) is 2.74. The van der Waals surface area contributed by atoms with E-state index in [1.807, 2.05) is 30.3 Å². The van der Waals surface area contributed by atoms with Crippen molar-refractivity contribution in [1.82, 2.24) is 15.1 Å². The molecule has 1 saturated heterocycles. The molecule has 8 heteroatoms. The van der Waals surface area contributed by atoms with E-state index in [1.165, 1.54) is 24.3 Å². The fraction of sp³-hybridized carbons (Fsp3) is 0.348. The summed E-state index contributed by atoms with van der Waals surface area (Å²) in [6.07, 6.45) is -1.94. The van der Waals surface area contributed by atoms with Crippen LogP contribution >= 0.6 is 11.6 Å². The van der Waals surface area contributed by atoms with Gasteiger partial charge in [-0.1, -0.05) is 48.0 Å². The highest BCUT2D eigenvalue weighted by molar-refractivity contribution is 6.31. The molecule has 1 aliphatic heterocycles. The summed E-state index contributed by atoms with van der Waals surface area (Å²) in [5, 5.41) is 2.62. The Balaban J connectivity index is 1.70. The van der Waals surface area contributed by atoms with Crippen LogP contribution in [0.5, 0.6) is 0 Å². The summed E-state index contributed by atoms with van der Waals surface area (Å²) in [4.78, 5) is 17.1. The number of hydrogen-bond acceptors (Lipinski definition) is 3. The normalized spacial score (nSPS) is 17.1. The van der Waals surface area contributed by atoms with Crippen molar-refractivity contribution in [2.45, 2.75) is 12.2 Å². The molecule has 4 nitrogen and oxygen atoms in total. The van der Waals surface area contributed by atoms with Crippen LogP contribution in [0.2, 0.25) is 5.02 Å². The van der Waals surface area contributed by atoms with Gasteiger partial charge in [0.1, 0.15) is 0 Å². The molecule has 1 amide bonds. The minimum absolute atomic E-state index is 0.224. The SMILES string of the molecule is CN1CCN(CC(NC(=O)/C=C/c2ccc(Cl)c(C(F)(F)F)c2)c2ccccc2)CC1. The summed E-state index contributed by atoms with van der Waals surface area (Å²) in [6, 6.07) is 13.0. The van der Waals surface area contributed by atoms with E-state index >= 15 is 0 Å². The lowest BCUT2D eigenvalue weighted by Gasteiger charge is -2.34. The van der Waals surface area contributed by atoms with Crippen LogP contribution < -0.4 is 5.32 Å². The lowest BCUT2D eigenvalue weighted by atomic mass is 10.1. The molecule has 0 spiro atoms. The Hall–Kier alpha value is -2.35. The smallest absolute Gasteiger partial charge is 0.344 e. The Morgan fingerprint density at radius 2 is 1.81 bits per heavy atom. The first-order valence-corrected chi connectivity index (χ1v) is 10.4. The van der Waals surface area contributed by atoms with Gasteiger partial charge in [-0.3, -0.25) is 9.69 Å². The Kier molecular flexibility index (Phi) is 7.75. The molecule has 0 saturated carbocycles. The van der Waals surface area contributed by atoms with Crippen LogP contribution in [-0.2, 0) is 11.0 Å². The van der Waals surface area contributed by atoms with E-state index in [-0.39, 0.29) is 22.5 Å². The number of hydrogen-bond donors (Lipinski definition) is 1. The highest BCUT2D eigenvalue weighted by Crippen LogP contribution is 2.35. The summed E-state index contributed by atoms with van der Waals surface area (Å²) >= 11 is 5.65. The molecule has 2 aromatic rings. The molecule has 2 aromatic carbocycles. The van der Waals surface area contributed by atoms with Gasteiger partial charge in [-0.2, -0.15) is 13.2 Å². The quantitative estimate of drug-likeness (QED) is 0.658. The molecular formula is C23H25ClF3N3O. The lowest BCUT2D eigenvalue weighted by molar-refractivity contribution is -0.137. The first-order valence-electron chi connectivity index (χ1n) is 10.0. The topological polar surface area (TPSA) is 35.6 Å². The first-order chi connectivity index (χ1) is 14.7. The number of nitrogens with one attached hydrogen (secondary N) is 1. The molecule has 166 valence electrons. The fourth-order valence-electron chi connectivity index (χ4n) is 3.46. The van der Waals surface area contributed by atoms with Gasteiger partial charge in [-0.15, -0.1) is 0 Å². The van der Waals surface area contributed by atoms with E-state index in [9.17, 15) is 18.0 Å². The van der Waals surface area contributed by atoms with Crippen molar-refractivity contribution in [3.05, 3.63) is 76.3 Å². The largest absolute Gasteiger partial charge is 0.417 e. The third kappa shape index (κ3) is 6.82. The molecule has 1 heterocycles. The van der Waals surface area contributed by atoms with Gasteiger partial charge in [0.25, 0.3) is 0 Å². The van der Waals surface area contributed by atoms with Crippen molar-refractivity contribution in [1.29, 1.82) is 0 Å². The van der Waals surface area contributed by atoms with Gasteiger partial charge in [0, 0.05) is 38.8 Å². The molecule has 3 rings (SSSR count). The second kappa shape index (κ2) is 10.3. The maximum Gasteiger partial charge on any atom is 0.417 e. The van der Waals surface area contributed by atoms with E-state index in [4.69, 9.17) is 11.6 Å². The molecule has 0 bridgehead atoms. The number of nitrogens with zero attached hydrogens (tertiary/aromatic N) is 2. The predicted octanol–water partition coefficient (Wildman–Crippen LogP) is 4.48. The second-order valence-corrected chi connectivity index (χ2v) is 8.05. The van der Waals surface area contributed by atoms with Crippen molar-refractivity contribution < 1.29 is 18.0 Å². The van der Waals surface area contributed by atoms with Crippen LogP contribution in [0.15, 0.2) is 54.6 Å². The molecule has 1 N–H and O–H groups in total. The summed E-state index contributed by atoms with van der Waals surface area (Å²) in [7, 11) is 2.08. The molecule has 0 radical (unpaired) electrons. The van der Waals surface area contributed by atoms with E-state index in [0.29, 0.717) is 6.54 Å². The Bertz CT molecular complexity index is 910. The van der Waals surface area contributed by atoms with Crippen LogP contribution in [-0.4, -0.2) is 55.5 Å². The number of carbonyl (C=O) groups excluding carboxylic acids is 1. The van der Waals surface area contributed by atoms with Gasteiger partial charge in [0.2, 0.25) is 5.91 Å². The average molecular weight is 452 g/mol. The zero-order chi connectivity index (χ0) is 22.4. The number of piperazine rings is 1. The highest BCUT2D eigenvalue weighted by atomic mass is 35.5. The van der Waals surface area contributed by atoms with Crippen LogP contribution in [0.4, 0.5) is 13.2 Å². The van der Waals surface area contributed by atoms with E-state index in [1.54, 1.807) is 0 Å². The zero-order valence-corrected chi connectivity index (χ0v) is 18.0. The van der Waals surface area contributed by atoms with Gasteiger partial charge in [-0.05, 0) is 36.4 Å². The predicted molar refractivity (Wildman–Crippen MR) is 117 cm³/mol. The summed E-state index contributed by atoms with van der Waals surface area (Å²) < 4.78 is 39.1. The number of amides is 1. The highest BCUT2D eigenvalue weighted by Gasteiger charge is 2.33. The maximum absolute atomic E-state index is 13.0. The minimum atomic E-state index is -4.55. The Morgan fingerprint density at radius 1 is 1.13 bits per heavy atom. The molecule has 0 aliphatic carbocycles. The van der Waals surface area contributed by atoms with Crippen LogP contribution in [0, 0.1) is 0 Å². The van der Waals surface area contributed by atoms with Gasteiger partial charge in [0.15, 0.2) is 0 Å². The molecular weight excluding hydrogens is 427 g/mol. The Labute approximate surface area is 185 Å². The third-order valence-electron chi connectivity index (χ3n) is 5.28. The second-order valence-electron chi connectivity index (χ2n) is 7.65. The number of carbonyl (C=O) groups is 1. The number of rotatable bonds is 6. The number of likely N-dealkylation sites (N-methyl/N-ethyl adjacent to an activating group) is 1. The summed E-state index contributed by atoms with van der Waals surface area (Å²) in [5.41, 5.74) is 0.310. The van der Waals surface area contributed by atoms with Gasteiger partial charge >= 0.3 is 6.18 Å². The molecule has 1 unspecified atom stereocenters. The van der Waals surface area contributed by atoms with Crippen molar-refractivity contribution in [3.8, 4) is 0 Å². The fourth-order valence-corrected chi connectivity index (χ4v) is 3.69. The van der Waals surface area contributed by atoms with E-state index in [0.717, 1.165) is 37.8 Å². The van der Waals surface area contributed by atoms with Crippen LogP contribution in [0.1, 0.15) is 22.7 Å². The molecule has 31 heavy (non-hydrogen) atoms. The summed E-state index contributed by atoms with van der Waals surface area (Å²) in [5.74, 6) is -0.369. The molecule has 1 fully saturated rings. The third-order valence-corrected chi connectivity index (χ3v) is 5.61. The van der Waals surface area contributed by atoms with Gasteiger partial charge in [-0.25, -0.2) is 0 Å². The van der Waals surface area contributed by atoms with Crippen molar-refractivity contribution >= 4 is 23.6 Å². The van der Waals surface area contributed by atoms with Crippen LogP contribution in [0.3, 0.4) is 0 Å². The van der Waals surface area contributed by atoms with E-state index in [2.05, 4.69) is 22.2 Å². The van der Waals surface area contributed by atoms with Crippen LogP contribution in [0.25, 0.3) is 6.08 Å². The van der Waals surface area contributed by atoms with Gasteiger partial charge in [0.05, 0.1) is 16.6 Å². The number of benzene rings is 2. The standard InChI is InChI=1S/C23H25ClF3N3O/c1-29-11-13-30(14-12-29)16-21(18-5-3-2-4-6-18)28-22(31)10-8-17-7-9-20(24)19(15-17)23(25,26)27/h2-10,15,21H,11-14,16H2,1H3,(H,28,31)/b10-8+.